The molecule has 1 aromatic carbocycles. The maximum atomic E-state index is 10.9. The maximum Gasteiger partial charge on any atom is 0.269 e. The van der Waals surface area contributed by atoms with Crippen molar-refractivity contribution in [2.24, 2.45) is 16.3 Å². The van der Waals surface area contributed by atoms with Gasteiger partial charge in [-0.05, 0) is 18.9 Å². The standard InChI is InChI=1S/C18H26N4O3/c1-4-19-17(20-11-12-6-5-7-13(10-12)22(23)24)21-15-14-8-9-25-16(14)18(15,2)3/h5-7,10,14-16H,4,8-9,11H2,1-3H3,(H2,19,20,21). The van der Waals surface area contributed by atoms with E-state index in [4.69, 9.17) is 4.74 Å². The molecule has 0 spiro atoms. The second-order valence-electron chi connectivity index (χ2n) is 7.31. The molecule has 7 nitrogen and oxygen atoms in total. The van der Waals surface area contributed by atoms with Gasteiger partial charge in [0.15, 0.2) is 5.96 Å². The van der Waals surface area contributed by atoms with E-state index in [1.807, 2.05) is 13.0 Å². The molecular weight excluding hydrogens is 320 g/mol. The fourth-order valence-electron chi connectivity index (χ4n) is 4.02. The minimum Gasteiger partial charge on any atom is -0.377 e. The van der Waals surface area contributed by atoms with Crippen LogP contribution in [0.3, 0.4) is 0 Å². The monoisotopic (exact) mass is 346 g/mol. The molecule has 2 fully saturated rings. The minimum atomic E-state index is -0.381. The zero-order chi connectivity index (χ0) is 18.0. The first kappa shape index (κ1) is 17.7. The van der Waals surface area contributed by atoms with Gasteiger partial charge in [0, 0.05) is 42.7 Å². The average molecular weight is 346 g/mol. The lowest BCUT2D eigenvalue weighted by molar-refractivity contribution is -0.384. The van der Waals surface area contributed by atoms with Crippen LogP contribution >= 0.6 is 0 Å². The van der Waals surface area contributed by atoms with Crippen LogP contribution in [0, 0.1) is 21.4 Å². The molecule has 1 saturated carbocycles. The van der Waals surface area contributed by atoms with Gasteiger partial charge in [0.2, 0.25) is 0 Å². The number of nitro groups is 1. The highest BCUT2D eigenvalue weighted by Gasteiger charge is 2.59. The van der Waals surface area contributed by atoms with Crippen molar-refractivity contribution in [3.8, 4) is 0 Å². The van der Waals surface area contributed by atoms with Crippen LogP contribution < -0.4 is 10.6 Å². The average Bonchev–Trinajstić information content (AvgIpc) is 3.04. The van der Waals surface area contributed by atoms with Gasteiger partial charge >= 0.3 is 0 Å². The number of nitro benzene ring substituents is 1. The van der Waals surface area contributed by atoms with E-state index in [0.717, 1.165) is 31.1 Å². The molecule has 3 atom stereocenters. The number of hydrogen-bond acceptors (Lipinski definition) is 4. The molecule has 0 bridgehead atoms. The number of nitrogens with zero attached hydrogens (tertiary/aromatic N) is 2. The van der Waals surface area contributed by atoms with Crippen LogP contribution in [-0.4, -0.2) is 36.2 Å². The number of nitrogens with one attached hydrogen (secondary N) is 2. The largest absolute Gasteiger partial charge is 0.377 e. The Hall–Kier alpha value is -2.15. The molecule has 25 heavy (non-hydrogen) atoms. The lowest BCUT2D eigenvalue weighted by Crippen LogP contribution is -2.67. The summed E-state index contributed by atoms with van der Waals surface area (Å²) in [5.41, 5.74) is 0.987. The Morgan fingerprint density at radius 2 is 2.28 bits per heavy atom. The quantitative estimate of drug-likeness (QED) is 0.370. The van der Waals surface area contributed by atoms with Crippen LogP contribution in [-0.2, 0) is 11.3 Å². The Balaban J connectivity index is 1.69. The molecule has 1 aliphatic heterocycles. The lowest BCUT2D eigenvalue weighted by atomic mass is 9.57. The molecule has 1 aliphatic carbocycles. The van der Waals surface area contributed by atoms with E-state index >= 15 is 0 Å². The van der Waals surface area contributed by atoms with Crippen molar-refractivity contribution in [1.29, 1.82) is 0 Å². The fraction of sp³-hybridized carbons (Fsp3) is 0.611. The lowest BCUT2D eigenvalue weighted by Gasteiger charge is -2.54. The Morgan fingerprint density at radius 3 is 3.00 bits per heavy atom. The summed E-state index contributed by atoms with van der Waals surface area (Å²) in [6.07, 6.45) is 1.40. The SMILES string of the molecule is CCNC(=NCc1cccc([N+](=O)[O-])c1)NC1C2CCOC2C1(C)C. The topological polar surface area (TPSA) is 88.8 Å². The second-order valence-corrected chi connectivity index (χ2v) is 7.31. The van der Waals surface area contributed by atoms with Crippen molar-refractivity contribution in [2.75, 3.05) is 13.2 Å². The maximum absolute atomic E-state index is 10.9. The van der Waals surface area contributed by atoms with Gasteiger partial charge in [0.1, 0.15) is 0 Å². The van der Waals surface area contributed by atoms with Crippen LogP contribution in [0.2, 0.25) is 0 Å². The predicted octanol–water partition coefficient (Wildman–Crippen LogP) is 2.46. The third-order valence-electron chi connectivity index (χ3n) is 5.28. The number of rotatable bonds is 5. The Labute approximate surface area is 148 Å². The van der Waals surface area contributed by atoms with Gasteiger partial charge in [-0.25, -0.2) is 4.99 Å². The summed E-state index contributed by atoms with van der Waals surface area (Å²) in [6, 6.07) is 6.94. The van der Waals surface area contributed by atoms with Crippen LogP contribution in [0.4, 0.5) is 5.69 Å². The zero-order valence-corrected chi connectivity index (χ0v) is 15.0. The summed E-state index contributed by atoms with van der Waals surface area (Å²) in [4.78, 5) is 15.1. The molecule has 7 heteroatoms. The van der Waals surface area contributed by atoms with Crippen LogP contribution in [0.5, 0.6) is 0 Å². The number of hydrogen-bond donors (Lipinski definition) is 2. The highest BCUT2D eigenvalue weighted by Crippen LogP contribution is 2.52. The fourth-order valence-corrected chi connectivity index (χ4v) is 4.02. The van der Waals surface area contributed by atoms with Gasteiger partial charge in [-0.3, -0.25) is 10.1 Å². The van der Waals surface area contributed by atoms with E-state index in [0.29, 0.717) is 24.6 Å². The molecule has 0 amide bonds. The number of aliphatic imine (C=N–C) groups is 1. The van der Waals surface area contributed by atoms with Gasteiger partial charge in [-0.1, -0.05) is 26.0 Å². The Bertz CT molecular complexity index is 674. The summed E-state index contributed by atoms with van der Waals surface area (Å²) in [6.45, 7) is 8.46. The molecule has 136 valence electrons. The van der Waals surface area contributed by atoms with Crippen molar-refractivity contribution in [3.05, 3.63) is 39.9 Å². The van der Waals surface area contributed by atoms with E-state index in [-0.39, 0.29) is 16.0 Å². The molecule has 3 unspecified atom stereocenters. The third kappa shape index (κ3) is 3.46. The predicted molar refractivity (Wildman–Crippen MR) is 96.5 cm³/mol. The van der Waals surface area contributed by atoms with E-state index in [1.165, 1.54) is 6.07 Å². The first-order chi connectivity index (χ1) is 11.9. The Kier molecular flexibility index (Phi) is 4.94. The van der Waals surface area contributed by atoms with Crippen molar-refractivity contribution in [2.45, 2.75) is 45.9 Å². The van der Waals surface area contributed by atoms with Crippen molar-refractivity contribution in [1.82, 2.24) is 10.6 Å². The summed E-state index contributed by atoms with van der Waals surface area (Å²) in [7, 11) is 0. The first-order valence-electron chi connectivity index (χ1n) is 8.83. The van der Waals surface area contributed by atoms with Crippen LogP contribution in [0.1, 0.15) is 32.8 Å². The molecular formula is C18H26N4O3. The first-order valence-corrected chi connectivity index (χ1v) is 8.83. The summed E-state index contributed by atoms with van der Waals surface area (Å²) < 4.78 is 5.84. The number of benzene rings is 1. The summed E-state index contributed by atoms with van der Waals surface area (Å²) in [5.74, 6) is 1.27. The van der Waals surface area contributed by atoms with Gasteiger partial charge in [-0.2, -0.15) is 0 Å². The molecule has 1 aromatic rings. The van der Waals surface area contributed by atoms with Crippen molar-refractivity contribution in [3.63, 3.8) is 0 Å². The molecule has 3 rings (SSSR count). The Morgan fingerprint density at radius 1 is 1.48 bits per heavy atom. The van der Waals surface area contributed by atoms with Gasteiger partial charge in [0.25, 0.3) is 5.69 Å². The number of guanidine groups is 1. The molecule has 0 aromatic heterocycles. The second kappa shape index (κ2) is 7.00. The smallest absolute Gasteiger partial charge is 0.269 e. The number of non-ortho nitro benzene ring substituents is 1. The third-order valence-corrected chi connectivity index (χ3v) is 5.28. The molecule has 1 saturated heterocycles. The van der Waals surface area contributed by atoms with Gasteiger partial charge in [0.05, 0.1) is 17.6 Å². The van der Waals surface area contributed by atoms with Crippen LogP contribution in [0.15, 0.2) is 29.3 Å². The van der Waals surface area contributed by atoms with Gasteiger partial charge < -0.3 is 15.4 Å². The van der Waals surface area contributed by atoms with E-state index in [2.05, 4.69) is 29.5 Å². The van der Waals surface area contributed by atoms with Crippen molar-refractivity contribution >= 4 is 11.6 Å². The highest BCUT2D eigenvalue weighted by atomic mass is 16.6. The van der Waals surface area contributed by atoms with E-state index < -0.39 is 0 Å². The van der Waals surface area contributed by atoms with E-state index in [9.17, 15) is 10.1 Å². The molecule has 1 heterocycles. The number of ether oxygens (including phenoxy) is 1. The molecule has 2 aliphatic rings. The van der Waals surface area contributed by atoms with Gasteiger partial charge in [-0.15, -0.1) is 0 Å². The minimum absolute atomic E-state index is 0.0723. The number of fused-ring (bicyclic) bond motifs is 1. The molecule has 0 radical (unpaired) electrons. The highest BCUT2D eigenvalue weighted by molar-refractivity contribution is 5.80. The molecule has 2 N–H and O–H groups in total. The van der Waals surface area contributed by atoms with Crippen LogP contribution in [0.25, 0.3) is 0 Å². The van der Waals surface area contributed by atoms with Crippen molar-refractivity contribution < 1.29 is 9.66 Å². The van der Waals surface area contributed by atoms with E-state index in [1.54, 1.807) is 12.1 Å². The zero-order valence-electron chi connectivity index (χ0n) is 15.0. The normalized spacial score (nSPS) is 27.3. The summed E-state index contributed by atoms with van der Waals surface area (Å²) >= 11 is 0. The summed E-state index contributed by atoms with van der Waals surface area (Å²) in [5, 5.41) is 17.7.